The fourth-order valence-electron chi connectivity index (χ4n) is 6.49. The first-order chi connectivity index (χ1) is 24.5. The highest BCUT2D eigenvalue weighted by molar-refractivity contribution is 8.00. The lowest BCUT2D eigenvalue weighted by Crippen LogP contribution is -2.27. The van der Waals surface area contributed by atoms with E-state index >= 15 is 0 Å². The molecular formula is C43H85NO5S. The van der Waals surface area contributed by atoms with Crippen LogP contribution in [0, 0.1) is 0 Å². The molecule has 0 aromatic heterocycles. The molecule has 0 aromatic carbocycles. The summed E-state index contributed by atoms with van der Waals surface area (Å²) in [5.74, 6) is 0.956. The van der Waals surface area contributed by atoms with Gasteiger partial charge < -0.3 is 14.6 Å². The predicted octanol–water partition coefficient (Wildman–Crippen LogP) is 12.6. The third-order valence-electron chi connectivity index (χ3n) is 9.92. The van der Waals surface area contributed by atoms with Gasteiger partial charge in [0.05, 0.1) is 18.6 Å². The summed E-state index contributed by atoms with van der Waals surface area (Å²) >= 11 is 1.72. The first-order valence-corrected chi connectivity index (χ1v) is 22.8. The highest BCUT2D eigenvalue weighted by atomic mass is 32.2. The van der Waals surface area contributed by atoms with Crippen LogP contribution in [-0.2, 0) is 19.1 Å². The van der Waals surface area contributed by atoms with E-state index in [1.54, 1.807) is 11.8 Å². The van der Waals surface area contributed by atoms with Crippen molar-refractivity contribution in [2.24, 2.45) is 0 Å². The lowest BCUT2D eigenvalue weighted by molar-refractivity contribution is -0.150. The molecule has 0 amide bonds. The SMILES string of the molecule is CCCCCCCCCSC(C)C(=O)OCCCCCN(CO)CCCCCCCC(=O)OC(CCCCCCCC)CCCCCCCC. The second kappa shape index (κ2) is 39.4. The van der Waals surface area contributed by atoms with Gasteiger partial charge in [0, 0.05) is 19.5 Å². The molecular weight excluding hydrogens is 643 g/mol. The van der Waals surface area contributed by atoms with Crippen molar-refractivity contribution in [2.75, 3.05) is 32.2 Å². The summed E-state index contributed by atoms with van der Waals surface area (Å²) < 4.78 is 11.5. The second-order valence-electron chi connectivity index (χ2n) is 14.9. The molecule has 0 rings (SSSR count). The van der Waals surface area contributed by atoms with Crippen LogP contribution in [0.3, 0.4) is 0 Å². The number of carbonyl (C=O) groups excluding carboxylic acids is 2. The van der Waals surface area contributed by atoms with Crippen LogP contribution in [0.25, 0.3) is 0 Å². The molecule has 0 radical (unpaired) electrons. The molecule has 1 unspecified atom stereocenters. The van der Waals surface area contributed by atoms with E-state index in [0.717, 1.165) is 83.1 Å². The first-order valence-electron chi connectivity index (χ1n) is 21.8. The average molecular weight is 728 g/mol. The standard InChI is InChI=1S/C43H85NO5S/c1-5-8-11-14-17-23-31-38-50-40(4)43(47)48-37-30-24-29-36-44(39-45)35-28-22-18-21-27-34-42(46)49-41(32-25-19-15-12-9-6-2)33-26-20-16-13-10-7-3/h40-41,45H,5-39H2,1-4H3. The normalized spacial score (nSPS) is 12.2. The van der Waals surface area contributed by atoms with E-state index in [-0.39, 0.29) is 30.0 Å². The number of carbonyl (C=O) groups is 2. The van der Waals surface area contributed by atoms with E-state index < -0.39 is 0 Å². The molecule has 50 heavy (non-hydrogen) atoms. The molecule has 7 heteroatoms. The lowest BCUT2D eigenvalue weighted by atomic mass is 10.0. The number of unbranched alkanes of at least 4 members (excludes halogenated alkanes) is 22. The molecule has 298 valence electrons. The van der Waals surface area contributed by atoms with Crippen molar-refractivity contribution >= 4 is 23.7 Å². The maximum absolute atomic E-state index is 12.7. The number of rotatable bonds is 40. The fraction of sp³-hybridized carbons (Fsp3) is 0.953. The van der Waals surface area contributed by atoms with E-state index in [0.29, 0.717) is 13.0 Å². The second-order valence-corrected chi connectivity index (χ2v) is 16.3. The van der Waals surface area contributed by atoms with Crippen LogP contribution < -0.4 is 0 Å². The van der Waals surface area contributed by atoms with Gasteiger partial charge >= 0.3 is 11.9 Å². The summed E-state index contributed by atoms with van der Waals surface area (Å²) in [6, 6.07) is 0. The zero-order valence-electron chi connectivity index (χ0n) is 33.8. The maximum atomic E-state index is 12.7. The van der Waals surface area contributed by atoms with Crippen LogP contribution in [0.5, 0.6) is 0 Å². The third-order valence-corrected chi connectivity index (χ3v) is 11.1. The summed E-state index contributed by atoms with van der Waals surface area (Å²) in [5, 5.41) is 9.71. The number of nitrogens with zero attached hydrogens (tertiary/aromatic N) is 1. The Labute approximate surface area is 315 Å². The molecule has 0 aromatic rings. The van der Waals surface area contributed by atoms with Crippen molar-refractivity contribution in [2.45, 2.75) is 232 Å². The van der Waals surface area contributed by atoms with E-state index in [1.807, 2.05) is 6.92 Å². The minimum Gasteiger partial charge on any atom is -0.465 e. The van der Waals surface area contributed by atoms with Crippen LogP contribution in [0.1, 0.15) is 220 Å². The summed E-state index contributed by atoms with van der Waals surface area (Å²) in [7, 11) is 0. The molecule has 0 spiro atoms. The van der Waals surface area contributed by atoms with Crippen molar-refractivity contribution in [1.29, 1.82) is 0 Å². The Kier molecular flexibility index (Phi) is 38.8. The monoisotopic (exact) mass is 728 g/mol. The molecule has 0 aliphatic rings. The molecule has 0 aliphatic heterocycles. The van der Waals surface area contributed by atoms with E-state index in [4.69, 9.17) is 9.47 Å². The quantitative estimate of drug-likeness (QED) is 0.0382. The summed E-state index contributed by atoms with van der Waals surface area (Å²) in [6.45, 7) is 11.1. The maximum Gasteiger partial charge on any atom is 0.318 e. The Bertz CT molecular complexity index is 707. The number of hydrogen-bond acceptors (Lipinski definition) is 7. The van der Waals surface area contributed by atoms with Crippen molar-refractivity contribution in [3.05, 3.63) is 0 Å². The summed E-state index contributed by atoms with van der Waals surface area (Å²) in [4.78, 5) is 27.1. The van der Waals surface area contributed by atoms with Crippen molar-refractivity contribution < 1.29 is 24.2 Å². The Morgan fingerprint density at radius 3 is 1.54 bits per heavy atom. The van der Waals surface area contributed by atoms with Gasteiger partial charge in [-0.2, -0.15) is 0 Å². The van der Waals surface area contributed by atoms with Gasteiger partial charge in [-0.25, -0.2) is 0 Å². The van der Waals surface area contributed by atoms with Gasteiger partial charge in [0.2, 0.25) is 0 Å². The van der Waals surface area contributed by atoms with E-state index in [9.17, 15) is 14.7 Å². The van der Waals surface area contributed by atoms with Crippen LogP contribution in [0.15, 0.2) is 0 Å². The number of aliphatic hydroxyl groups excluding tert-OH is 1. The Balaban J connectivity index is 3.93. The van der Waals surface area contributed by atoms with Gasteiger partial charge in [-0.3, -0.25) is 14.5 Å². The molecule has 1 atom stereocenters. The number of ether oxygens (including phenoxy) is 2. The predicted molar refractivity (Wildman–Crippen MR) is 217 cm³/mol. The number of thioether (sulfide) groups is 1. The van der Waals surface area contributed by atoms with Gasteiger partial charge in [-0.15, -0.1) is 11.8 Å². The Morgan fingerprint density at radius 1 is 0.580 bits per heavy atom. The Hall–Kier alpha value is -0.790. The van der Waals surface area contributed by atoms with E-state index in [2.05, 4.69) is 25.7 Å². The third kappa shape index (κ3) is 34.3. The number of esters is 2. The van der Waals surface area contributed by atoms with Gasteiger partial charge in [-0.05, 0) is 76.9 Å². The Morgan fingerprint density at radius 2 is 1.02 bits per heavy atom. The molecule has 0 bridgehead atoms. The fourth-order valence-corrected chi connectivity index (χ4v) is 7.42. The number of hydrogen-bond donors (Lipinski definition) is 1. The van der Waals surface area contributed by atoms with Crippen LogP contribution in [0.4, 0.5) is 0 Å². The van der Waals surface area contributed by atoms with Gasteiger partial charge in [0.1, 0.15) is 6.10 Å². The number of aliphatic hydroxyl groups is 1. The molecule has 0 saturated carbocycles. The van der Waals surface area contributed by atoms with Crippen molar-refractivity contribution in [3.63, 3.8) is 0 Å². The topological polar surface area (TPSA) is 76.1 Å². The molecule has 6 nitrogen and oxygen atoms in total. The molecule has 0 fully saturated rings. The van der Waals surface area contributed by atoms with Gasteiger partial charge in [0.25, 0.3) is 0 Å². The zero-order chi connectivity index (χ0) is 36.8. The van der Waals surface area contributed by atoms with Gasteiger partial charge in [-0.1, -0.05) is 143 Å². The summed E-state index contributed by atoms with van der Waals surface area (Å²) in [5.41, 5.74) is 0. The lowest BCUT2D eigenvalue weighted by Gasteiger charge is -2.19. The summed E-state index contributed by atoms with van der Waals surface area (Å²) in [6.07, 6.45) is 35.3. The highest BCUT2D eigenvalue weighted by Gasteiger charge is 2.15. The van der Waals surface area contributed by atoms with Crippen molar-refractivity contribution in [3.8, 4) is 0 Å². The molecule has 0 saturated heterocycles. The average Bonchev–Trinajstić information content (AvgIpc) is 3.11. The minimum absolute atomic E-state index is 0.000362. The minimum atomic E-state index is -0.0828. The first kappa shape index (κ1) is 49.2. The largest absolute Gasteiger partial charge is 0.465 e. The van der Waals surface area contributed by atoms with Gasteiger partial charge in [0.15, 0.2) is 0 Å². The molecule has 0 aliphatic carbocycles. The van der Waals surface area contributed by atoms with Crippen molar-refractivity contribution in [1.82, 2.24) is 4.90 Å². The smallest absolute Gasteiger partial charge is 0.318 e. The molecule has 1 N–H and O–H groups in total. The van der Waals surface area contributed by atoms with Crippen LogP contribution in [-0.4, -0.2) is 65.5 Å². The van der Waals surface area contributed by atoms with Crippen LogP contribution in [0.2, 0.25) is 0 Å². The molecule has 0 heterocycles. The van der Waals surface area contributed by atoms with Crippen LogP contribution >= 0.6 is 11.8 Å². The van der Waals surface area contributed by atoms with E-state index in [1.165, 1.54) is 122 Å². The zero-order valence-corrected chi connectivity index (χ0v) is 34.7. The highest BCUT2D eigenvalue weighted by Crippen LogP contribution is 2.19.